The second-order valence-corrected chi connectivity index (χ2v) is 5.69. The largest absolute Gasteiger partial charge is 0.388 e. The zero-order valence-corrected chi connectivity index (χ0v) is 11.2. The Morgan fingerprint density at radius 3 is 2.89 bits per heavy atom. The first kappa shape index (κ1) is 13.6. The average Bonchev–Trinajstić information content (AvgIpc) is 2.37. The van der Waals surface area contributed by atoms with Gasteiger partial charge in [0.05, 0.1) is 5.60 Å². The lowest BCUT2D eigenvalue weighted by Gasteiger charge is -2.35. The molecule has 5 heteroatoms. The van der Waals surface area contributed by atoms with Crippen molar-refractivity contribution in [3.63, 3.8) is 0 Å². The van der Waals surface area contributed by atoms with Crippen LogP contribution in [0.5, 0.6) is 0 Å². The van der Waals surface area contributed by atoms with Gasteiger partial charge in [0.15, 0.2) is 0 Å². The highest BCUT2D eigenvalue weighted by atomic mass is 16.5. The van der Waals surface area contributed by atoms with E-state index >= 15 is 0 Å². The van der Waals surface area contributed by atoms with Gasteiger partial charge in [-0.1, -0.05) is 6.92 Å². The fraction of sp³-hybridized carbons (Fsp3) is 0.923. The first-order valence-corrected chi connectivity index (χ1v) is 6.92. The van der Waals surface area contributed by atoms with Gasteiger partial charge in [-0.25, -0.2) is 4.79 Å². The predicted octanol–water partition coefficient (Wildman–Crippen LogP) is 0.969. The molecule has 104 valence electrons. The molecule has 2 N–H and O–H groups in total. The smallest absolute Gasteiger partial charge is 0.317 e. The second kappa shape index (κ2) is 5.89. The van der Waals surface area contributed by atoms with Crippen LogP contribution < -0.4 is 5.32 Å². The van der Waals surface area contributed by atoms with Crippen molar-refractivity contribution < 1.29 is 14.6 Å². The first-order chi connectivity index (χ1) is 8.59. The van der Waals surface area contributed by atoms with Crippen LogP contribution in [0.1, 0.15) is 32.6 Å². The highest BCUT2D eigenvalue weighted by Gasteiger charge is 2.31. The normalized spacial score (nSPS) is 27.9. The van der Waals surface area contributed by atoms with Crippen molar-refractivity contribution >= 4 is 6.03 Å². The molecule has 2 fully saturated rings. The molecule has 1 atom stereocenters. The summed E-state index contributed by atoms with van der Waals surface area (Å²) in [5.74, 6) is 0.579. The Hall–Kier alpha value is -0.810. The molecule has 0 spiro atoms. The lowest BCUT2D eigenvalue weighted by atomic mass is 9.94. The number of aliphatic hydroxyl groups is 1. The standard InChI is InChI=1S/C13H24N2O3/c1-11-3-2-6-15(9-11)12(16)14-10-13(17)4-7-18-8-5-13/h11,17H,2-10H2,1H3,(H,14,16). The van der Waals surface area contributed by atoms with Gasteiger partial charge in [0.25, 0.3) is 0 Å². The number of carbonyl (C=O) groups excluding carboxylic acids is 1. The van der Waals surface area contributed by atoms with Crippen molar-refractivity contribution in [1.29, 1.82) is 0 Å². The van der Waals surface area contributed by atoms with E-state index in [-0.39, 0.29) is 6.03 Å². The maximum absolute atomic E-state index is 12.0. The molecule has 2 saturated heterocycles. The fourth-order valence-electron chi connectivity index (χ4n) is 2.65. The van der Waals surface area contributed by atoms with Crippen LogP contribution >= 0.6 is 0 Å². The molecule has 1 unspecified atom stereocenters. The molecule has 2 amide bonds. The Bertz CT molecular complexity index is 290. The summed E-state index contributed by atoms with van der Waals surface area (Å²) in [6, 6.07) is -0.0403. The van der Waals surface area contributed by atoms with Crippen molar-refractivity contribution in [1.82, 2.24) is 10.2 Å². The number of ether oxygens (including phenoxy) is 1. The fourth-order valence-corrected chi connectivity index (χ4v) is 2.65. The number of hydrogen-bond donors (Lipinski definition) is 2. The number of nitrogens with zero attached hydrogens (tertiary/aromatic N) is 1. The van der Waals surface area contributed by atoms with Gasteiger partial charge >= 0.3 is 6.03 Å². The van der Waals surface area contributed by atoms with E-state index < -0.39 is 5.60 Å². The molecule has 2 heterocycles. The van der Waals surface area contributed by atoms with Gasteiger partial charge in [-0.3, -0.25) is 0 Å². The number of amides is 2. The van der Waals surface area contributed by atoms with Gasteiger partial charge in [-0.15, -0.1) is 0 Å². The van der Waals surface area contributed by atoms with E-state index in [1.807, 2.05) is 4.90 Å². The molecule has 0 radical (unpaired) electrons. The van der Waals surface area contributed by atoms with Gasteiger partial charge in [0, 0.05) is 45.7 Å². The molecule has 0 saturated carbocycles. The molecule has 0 aromatic heterocycles. The van der Waals surface area contributed by atoms with Gasteiger partial charge in [0.2, 0.25) is 0 Å². The van der Waals surface area contributed by atoms with Gasteiger partial charge in [-0.2, -0.15) is 0 Å². The molecule has 2 rings (SSSR count). The Balaban J connectivity index is 1.76. The molecular formula is C13H24N2O3. The van der Waals surface area contributed by atoms with Crippen LogP contribution in [-0.4, -0.2) is 54.5 Å². The lowest BCUT2D eigenvalue weighted by Crippen LogP contribution is -2.51. The number of likely N-dealkylation sites (tertiary alicyclic amines) is 1. The van der Waals surface area contributed by atoms with E-state index in [2.05, 4.69) is 12.2 Å². The first-order valence-electron chi connectivity index (χ1n) is 6.92. The summed E-state index contributed by atoms with van der Waals surface area (Å²) < 4.78 is 5.22. The van der Waals surface area contributed by atoms with E-state index in [0.29, 0.717) is 38.5 Å². The van der Waals surface area contributed by atoms with E-state index in [0.717, 1.165) is 19.5 Å². The predicted molar refractivity (Wildman–Crippen MR) is 68.4 cm³/mol. The minimum atomic E-state index is -0.782. The van der Waals surface area contributed by atoms with E-state index in [1.165, 1.54) is 6.42 Å². The van der Waals surface area contributed by atoms with Crippen LogP contribution in [0.25, 0.3) is 0 Å². The molecule has 18 heavy (non-hydrogen) atoms. The van der Waals surface area contributed by atoms with Crippen LogP contribution in [0, 0.1) is 5.92 Å². The molecule has 5 nitrogen and oxygen atoms in total. The number of hydrogen-bond acceptors (Lipinski definition) is 3. The summed E-state index contributed by atoms with van der Waals surface area (Å²) in [6.07, 6.45) is 3.48. The monoisotopic (exact) mass is 256 g/mol. The number of rotatable bonds is 2. The Morgan fingerprint density at radius 1 is 1.50 bits per heavy atom. The number of piperidine rings is 1. The summed E-state index contributed by atoms with van der Waals surface area (Å²) in [7, 11) is 0. The van der Waals surface area contributed by atoms with E-state index in [4.69, 9.17) is 4.74 Å². The van der Waals surface area contributed by atoms with Crippen molar-refractivity contribution in [2.24, 2.45) is 5.92 Å². The number of nitrogens with one attached hydrogen (secondary N) is 1. The van der Waals surface area contributed by atoms with Gasteiger partial charge < -0.3 is 20.1 Å². The highest BCUT2D eigenvalue weighted by molar-refractivity contribution is 5.74. The summed E-state index contributed by atoms with van der Waals surface area (Å²) in [5, 5.41) is 13.1. The molecule has 2 aliphatic heterocycles. The maximum atomic E-state index is 12.0. The van der Waals surface area contributed by atoms with Crippen molar-refractivity contribution in [3.05, 3.63) is 0 Å². The second-order valence-electron chi connectivity index (χ2n) is 5.69. The minimum absolute atomic E-state index is 0.0403. The highest BCUT2D eigenvalue weighted by Crippen LogP contribution is 2.20. The van der Waals surface area contributed by atoms with E-state index in [1.54, 1.807) is 0 Å². The molecule has 0 aliphatic carbocycles. The maximum Gasteiger partial charge on any atom is 0.317 e. The Labute approximate surface area is 108 Å². The molecule has 2 aliphatic rings. The quantitative estimate of drug-likeness (QED) is 0.774. The third-order valence-electron chi connectivity index (χ3n) is 3.94. The van der Waals surface area contributed by atoms with Crippen LogP contribution in [0.2, 0.25) is 0 Å². The minimum Gasteiger partial charge on any atom is -0.388 e. The molecular weight excluding hydrogens is 232 g/mol. The summed E-state index contributed by atoms with van der Waals surface area (Å²) in [4.78, 5) is 13.9. The summed E-state index contributed by atoms with van der Waals surface area (Å²) in [6.45, 7) is 5.32. The topological polar surface area (TPSA) is 61.8 Å². The van der Waals surface area contributed by atoms with Crippen molar-refractivity contribution in [3.8, 4) is 0 Å². The van der Waals surface area contributed by atoms with Crippen LogP contribution in [-0.2, 0) is 4.74 Å². The third kappa shape index (κ3) is 3.59. The zero-order valence-electron chi connectivity index (χ0n) is 11.2. The number of urea groups is 1. The molecule has 0 bridgehead atoms. The molecule has 0 aromatic carbocycles. The van der Waals surface area contributed by atoms with Crippen molar-refractivity contribution in [2.45, 2.75) is 38.2 Å². The lowest BCUT2D eigenvalue weighted by molar-refractivity contribution is -0.0605. The SMILES string of the molecule is CC1CCCN(C(=O)NCC2(O)CCOCC2)C1. The van der Waals surface area contributed by atoms with Crippen molar-refractivity contribution in [2.75, 3.05) is 32.8 Å². The van der Waals surface area contributed by atoms with Gasteiger partial charge in [0.1, 0.15) is 0 Å². The zero-order chi connectivity index (χ0) is 13.0. The summed E-state index contributed by atoms with van der Waals surface area (Å²) >= 11 is 0. The van der Waals surface area contributed by atoms with Gasteiger partial charge in [-0.05, 0) is 18.8 Å². The van der Waals surface area contributed by atoms with Crippen LogP contribution in [0.3, 0.4) is 0 Å². The van der Waals surface area contributed by atoms with E-state index in [9.17, 15) is 9.90 Å². The Morgan fingerprint density at radius 2 is 2.22 bits per heavy atom. The molecule has 0 aromatic rings. The van der Waals surface area contributed by atoms with Crippen LogP contribution in [0.4, 0.5) is 4.79 Å². The third-order valence-corrected chi connectivity index (χ3v) is 3.94. The average molecular weight is 256 g/mol. The van der Waals surface area contributed by atoms with Crippen LogP contribution in [0.15, 0.2) is 0 Å². The Kier molecular flexibility index (Phi) is 4.45. The number of carbonyl (C=O) groups is 1. The summed E-state index contributed by atoms with van der Waals surface area (Å²) in [5.41, 5.74) is -0.782.